The largest absolute Gasteiger partial charge is 0.486 e. The van der Waals surface area contributed by atoms with Crippen LogP contribution < -0.4 is 14.3 Å². The molecule has 0 radical (unpaired) electrons. The van der Waals surface area contributed by atoms with Gasteiger partial charge in [-0.3, -0.25) is 4.79 Å². The van der Waals surface area contributed by atoms with E-state index in [0.29, 0.717) is 41.6 Å². The Morgan fingerprint density at radius 3 is 2.56 bits per heavy atom. The number of hydrogen-bond acceptors (Lipinski definition) is 4. The standard InChI is InChI=1S/C18H15FN2O3S/c1-2-21-13-9-14-15(24-8-7-23-14)10-16(13)25-18(21)20-17(22)11-3-5-12(19)6-4-11/h3-6,9-10H,2,7-8H2,1H3. The quantitative estimate of drug-likeness (QED) is 0.706. The van der Waals surface area contributed by atoms with Crippen LogP contribution in [0.3, 0.4) is 0 Å². The lowest BCUT2D eigenvalue weighted by molar-refractivity contribution is 0.0998. The predicted octanol–water partition coefficient (Wildman–Crippen LogP) is 3.37. The number of benzene rings is 2. The van der Waals surface area contributed by atoms with E-state index in [1.807, 2.05) is 23.6 Å². The first-order chi connectivity index (χ1) is 12.2. The van der Waals surface area contributed by atoms with Gasteiger partial charge in [0.1, 0.15) is 19.0 Å². The van der Waals surface area contributed by atoms with Gasteiger partial charge in [0.2, 0.25) is 0 Å². The summed E-state index contributed by atoms with van der Waals surface area (Å²) in [6.07, 6.45) is 0. The number of carbonyl (C=O) groups excluding carboxylic acids is 1. The van der Waals surface area contributed by atoms with Crippen molar-refractivity contribution in [1.82, 2.24) is 4.57 Å². The SMILES string of the molecule is CCn1c(=NC(=O)c2ccc(F)cc2)sc2cc3c(cc21)OCCO3. The molecule has 4 rings (SSSR count). The molecule has 3 aromatic rings. The molecule has 0 saturated heterocycles. The number of amides is 1. The lowest BCUT2D eigenvalue weighted by atomic mass is 10.2. The summed E-state index contributed by atoms with van der Waals surface area (Å²) in [5.74, 6) is 0.633. The lowest BCUT2D eigenvalue weighted by Crippen LogP contribution is -2.17. The molecule has 0 bridgehead atoms. The number of halogens is 1. The van der Waals surface area contributed by atoms with Crippen molar-refractivity contribution in [2.75, 3.05) is 13.2 Å². The van der Waals surface area contributed by atoms with Crippen molar-refractivity contribution in [3.8, 4) is 11.5 Å². The zero-order valence-corrected chi connectivity index (χ0v) is 14.3. The highest BCUT2D eigenvalue weighted by molar-refractivity contribution is 7.16. The number of fused-ring (bicyclic) bond motifs is 2. The second-order valence-corrected chi connectivity index (χ2v) is 6.53. The van der Waals surface area contributed by atoms with Crippen molar-refractivity contribution < 1.29 is 18.7 Å². The summed E-state index contributed by atoms with van der Waals surface area (Å²) in [5.41, 5.74) is 1.30. The van der Waals surface area contributed by atoms with E-state index in [1.165, 1.54) is 35.6 Å². The molecule has 1 amide bonds. The molecule has 0 fully saturated rings. The minimum Gasteiger partial charge on any atom is -0.486 e. The maximum absolute atomic E-state index is 13.0. The normalized spacial score (nSPS) is 14.1. The van der Waals surface area contributed by atoms with Gasteiger partial charge in [0.15, 0.2) is 16.3 Å². The lowest BCUT2D eigenvalue weighted by Gasteiger charge is -2.18. The Hall–Kier alpha value is -2.67. The van der Waals surface area contributed by atoms with Crippen LogP contribution in [-0.2, 0) is 6.54 Å². The molecule has 1 aromatic heterocycles. The maximum atomic E-state index is 13.0. The van der Waals surface area contributed by atoms with Gasteiger partial charge >= 0.3 is 0 Å². The van der Waals surface area contributed by atoms with E-state index in [9.17, 15) is 9.18 Å². The Morgan fingerprint density at radius 1 is 1.20 bits per heavy atom. The molecular formula is C18H15FN2O3S. The third-order valence-electron chi connectivity index (χ3n) is 3.95. The third-order valence-corrected chi connectivity index (χ3v) is 4.99. The van der Waals surface area contributed by atoms with E-state index < -0.39 is 5.91 Å². The van der Waals surface area contributed by atoms with E-state index in [1.54, 1.807) is 0 Å². The highest BCUT2D eigenvalue weighted by Crippen LogP contribution is 2.35. The fourth-order valence-electron chi connectivity index (χ4n) is 2.74. The van der Waals surface area contributed by atoms with Crippen molar-refractivity contribution in [1.29, 1.82) is 0 Å². The molecule has 0 unspecified atom stereocenters. The van der Waals surface area contributed by atoms with Gasteiger partial charge in [-0.1, -0.05) is 11.3 Å². The van der Waals surface area contributed by atoms with Crippen LogP contribution in [0.2, 0.25) is 0 Å². The van der Waals surface area contributed by atoms with Crippen LogP contribution in [0.5, 0.6) is 11.5 Å². The number of hydrogen-bond donors (Lipinski definition) is 0. The fourth-order valence-corrected chi connectivity index (χ4v) is 3.84. The van der Waals surface area contributed by atoms with Crippen LogP contribution in [0.15, 0.2) is 41.4 Å². The summed E-state index contributed by atoms with van der Waals surface area (Å²) < 4.78 is 27.2. The number of nitrogens with zero attached hydrogens (tertiary/aromatic N) is 2. The molecule has 128 valence electrons. The van der Waals surface area contributed by atoms with E-state index in [2.05, 4.69) is 4.99 Å². The third kappa shape index (κ3) is 2.91. The zero-order valence-electron chi connectivity index (χ0n) is 13.5. The first-order valence-electron chi connectivity index (χ1n) is 7.93. The highest BCUT2D eigenvalue weighted by atomic mass is 32.1. The number of rotatable bonds is 2. The number of aromatic nitrogens is 1. The number of aryl methyl sites for hydroxylation is 1. The van der Waals surface area contributed by atoms with Gasteiger partial charge in [-0.2, -0.15) is 4.99 Å². The van der Waals surface area contributed by atoms with Crippen LogP contribution in [0.25, 0.3) is 10.2 Å². The molecule has 2 heterocycles. The molecular weight excluding hydrogens is 343 g/mol. The van der Waals surface area contributed by atoms with Gasteiger partial charge in [0.25, 0.3) is 5.91 Å². The van der Waals surface area contributed by atoms with E-state index >= 15 is 0 Å². The van der Waals surface area contributed by atoms with Gasteiger partial charge in [0, 0.05) is 24.2 Å². The second kappa shape index (κ2) is 6.33. The molecule has 1 aliphatic heterocycles. The van der Waals surface area contributed by atoms with E-state index in [4.69, 9.17) is 9.47 Å². The molecule has 0 atom stereocenters. The number of ether oxygens (including phenoxy) is 2. The van der Waals surface area contributed by atoms with Crippen LogP contribution in [0.4, 0.5) is 4.39 Å². The molecule has 7 heteroatoms. The number of carbonyl (C=O) groups is 1. The summed E-state index contributed by atoms with van der Waals surface area (Å²) in [6, 6.07) is 9.22. The van der Waals surface area contributed by atoms with Crippen molar-refractivity contribution in [2.24, 2.45) is 4.99 Å². The first kappa shape index (κ1) is 15.8. The predicted molar refractivity (Wildman–Crippen MR) is 92.8 cm³/mol. The van der Waals surface area contributed by atoms with Gasteiger partial charge in [0.05, 0.1) is 10.2 Å². The minimum absolute atomic E-state index is 0.354. The highest BCUT2D eigenvalue weighted by Gasteiger charge is 2.16. The van der Waals surface area contributed by atoms with Gasteiger partial charge in [-0.15, -0.1) is 0 Å². The van der Waals surface area contributed by atoms with Crippen LogP contribution in [0, 0.1) is 5.82 Å². The average Bonchev–Trinajstić information content (AvgIpc) is 2.96. The van der Waals surface area contributed by atoms with Gasteiger partial charge in [-0.25, -0.2) is 4.39 Å². The Morgan fingerprint density at radius 2 is 1.88 bits per heavy atom. The smallest absolute Gasteiger partial charge is 0.279 e. The van der Waals surface area contributed by atoms with Crippen molar-refractivity contribution >= 4 is 27.5 Å². The second-order valence-electron chi connectivity index (χ2n) is 5.52. The van der Waals surface area contributed by atoms with Crippen LogP contribution >= 0.6 is 11.3 Å². The topological polar surface area (TPSA) is 52.8 Å². The molecule has 0 aliphatic carbocycles. The number of thiazole rings is 1. The zero-order chi connectivity index (χ0) is 17.4. The maximum Gasteiger partial charge on any atom is 0.279 e. The van der Waals surface area contributed by atoms with E-state index in [0.717, 1.165) is 10.2 Å². The molecule has 2 aromatic carbocycles. The molecule has 5 nitrogen and oxygen atoms in total. The summed E-state index contributed by atoms with van der Waals surface area (Å²) >= 11 is 1.41. The van der Waals surface area contributed by atoms with Crippen LogP contribution in [0.1, 0.15) is 17.3 Å². The van der Waals surface area contributed by atoms with Gasteiger partial charge < -0.3 is 14.0 Å². The Bertz CT molecular complexity index is 1020. The summed E-state index contributed by atoms with van der Waals surface area (Å²) in [7, 11) is 0. The monoisotopic (exact) mass is 358 g/mol. The molecule has 25 heavy (non-hydrogen) atoms. The van der Waals surface area contributed by atoms with Crippen molar-refractivity contribution in [3.05, 3.63) is 52.6 Å². The Kier molecular flexibility index (Phi) is 4.01. The minimum atomic E-state index is -0.397. The van der Waals surface area contributed by atoms with Crippen molar-refractivity contribution in [2.45, 2.75) is 13.5 Å². The first-order valence-corrected chi connectivity index (χ1v) is 8.75. The molecule has 0 spiro atoms. The molecule has 0 N–H and O–H groups in total. The summed E-state index contributed by atoms with van der Waals surface area (Å²) in [5, 5.41) is 0. The molecule has 0 saturated carbocycles. The average molecular weight is 358 g/mol. The fraction of sp³-hybridized carbons (Fsp3) is 0.222. The van der Waals surface area contributed by atoms with Gasteiger partial charge in [-0.05, 0) is 31.2 Å². The summed E-state index contributed by atoms with van der Waals surface area (Å²) in [6.45, 7) is 3.70. The Balaban J connectivity index is 1.83. The van der Waals surface area contributed by atoms with Crippen molar-refractivity contribution in [3.63, 3.8) is 0 Å². The summed E-state index contributed by atoms with van der Waals surface area (Å²) in [4.78, 5) is 17.2. The van der Waals surface area contributed by atoms with E-state index in [-0.39, 0.29) is 5.82 Å². The van der Waals surface area contributed by atoms with Crippen LogP contribution in [-0.4, -0.2) is 23.7 Å². The Labute approximate surface area is 147 Å². The molecule has 1 aliphatic rings.